The van der Waals surface area contributed by atoms with Gasteiger partial charge in [-0.1, -0.05) is 52.9 Å². The molecule has 1 aliphatic heterocycles. The van der Waals surface area contributed by atoms with Crippen molar-refractivity contribution in [2.75, 3.05) is 13.2 Å². The van der Waals surface area contributed by atoms with Crippen molar-refractivity contribution in [1.82, 2.24) is 5.32 Å². The normalized spacial score (nSPS) is 30.3. The molecule has 0 radical (unpaired) electrons. The van der Waals surface area contributed by atoms with E-state index in [1.54, 1.807) is 0 Å². The Kier molecular flexibility index (Phi) is 6.35. The quantitative estimate of drug-likeness (QED) is 0.594. The summed E-state index contributed by atoms with van der Waals surface area (Å²) in [7, 11) is 0. The van der Waals surface area contributed by atoms with Gasteiger partial charge in [0.1, 0.15) is 0 Å². The molecule has 2 aliphatic rings. The minimum atomic E-state index is 0.442. The summed E-state index contributed by atoms with van der Waals surface area (Å²) < 4.78 is 6.16. The van der Waals surface area contributed by atoms with Crippen LogP contribution in [-0.2, 0) is 4.74 Å². The number of rotatable bonds is 10. The topological polar surface area (TPSA) is 21.3 Å². The van der Waals surface area contributed by atoms with Gasteiger partial charge in [0.25, 0.3) is 0 Å². The summed E-state index contributed by atoms with van der Waals surface area (Å²) in [6.07, 6.45) is 13.0. The zero-order valence-electron chi connectivity index (χ0n) is 13.9. The Bertz CT molecular complexity index is 275. The number of nitrogens with one attached hydrogen (secondary N) is 1. The van der Waals surface area contributed by atoms with Gasteiger partial charge in [0.15, 0.2) is 0 Å². The van der Waals surface area contributed by atoms with Crippen molar-refractivity contribution in [3.63, 3.8) is 0 Å². The Morgan fingerprint density at radius 2 is 1.90 bits per heavy atom. The summed E-state index contributed by atoms with van der Waals surface area (Å²) in [6, 6.07) is 0.590. The summed E-state index contributed by atoms with van der Waals surface area (Å²) in [5.74, 6) is 0.877. The van der Waals surface area contributed by atoms with E-state index >= 15 is 0 Å². The third kappa shape index (κ3) is 4.46. The third-order valence-electron chi connectivity index (χ3n) is 5.19. The largest absolute Gasteiger partial charge is 0.377 e. The van der Waals surface area contributed by atoms with Gasteiger partial charge in [0.05, 0.1) is 6.10 Å². The van der Waals surface area contributed by atoms with Crippen molar-refractivity contribution >= 4 is 0 Å². The Morgan fingerprint density at radius 1 is 1.15 bits per heavy atom. The van der Waals surface area contributed by atoms with Gasteiger partial charge in [-0.15, -0.1) is 0 Å². The van der Waals surface area contributed by atoms with Gasteiger partial charge in [0.2, 0.25) is 0 Å². The van der Waals surface area contributed by atoms with Crippen LogP contribution in [0.25, 0.3) is 0 Å². The van der Waals surface area contributed by atoms with Crippen LogP contribution in [0.2, 0.25) is 0 Å². The van der Waals surface area contributed by atoms with E-state index in [9.17, 15) is 0 Å². The van der Waals surface area contributed by atoms with E-state index in [0.29, 0.717) is 17.6 Å². The van der Waals surface area contributed by atoms with Crippen molar-refractivity contribution in [2.45, 2.75) is 90.7 Å². The fraction of sp³-hybridized carbons (Fsp3) is 1.00. The van der Waals surface area contributed by atoms with E-state index < -0.39 is 0 Å². The van der Waals surface area contributed by atoms with Gasteiger partial charge in [-0.3, -0.25) is 0 Å². The van der Waals surface area contributed by atoms with Gasteiger partial charge in [-0.05, 0) is 31.6 Å². The molecule has 1 heterocycles. The van der Waals surface area contributed by atoms with E-state index in [1.807, 2.05) is 0 Å². The summed E-state index contributed by atoms with van der Waals surface area (Å²) >= 11 is 0. The first-order chi connectivity index (χ1) is 9.68. The van der Waals surface area contributed by atoms with Crippen LogP contribution in [0.3, 0.4) is 0 Å². The van der Waals surface area contributed by atoms with E-state index in [0.717, 1.165) is 12.5 Å². The van der Waals surface area contributed by atoms with Crippen LogP contribution in [0.1, 0.15) is 78.6 Å². The number of hydrogen-bond acceptors (Lipinski definition) is 2. The number of hydrogen-bond donors (Lipinski definition) is 1. The minimum absolute atomic E-state index is 0.442. The second-order valence-electron chi connectivity index (χ2n) is 7.44. The SMILES string of the molecule is CCCCCCCC1(CNC(C)C)CCOC1C1CC1. The molecule has 1 N–H and O–H groups in total. The van der Waals surface area contributed by atoms with E-state index in [2.05, 4.69) is 26.1 Å². The molecule has 2 unspecified atom stereocenters. The lowest BCUT2D eigenvalue weighted by Gasteiger charge is -2.35. The number of unbranched alkanes of at least 4 members (excludes halogenated alkanes) is 4. The van der Waals surface area contributed by atoms with Crippen LogP contribution in [0, 0.1) is 11.3 Å². The molecule has 0 amide bonds. The highest BCUT2D eigenvalue weighted by Crippen LogP contribution is 2.50. The molecule has 1 aliphatic carbocycles. The first-order valence-corrected chi connectivity index (χ1v) is 9.03. The molecule has 2 atom stereocenters. The maximum absolute atomic E-state index is 6.16. The highest BCUT2D eigenvalue weighted by molar-refractivity contribution is 5.00. The first kappa shape index (κ1) is 16.3. The lowest BCUT2D eigenvalue weighted by molar-refractivity contribution is 0.0245. The summed E-state index contributed by atoms with van der Waals surface area (Å²) in [4.78, 5) is 0. The van der Waals surface area contributed by atoms with Crippen molar-refractivity contribution < 1.29 is 4.74 Å². The molecular weight excluding hydrogens is 246 g/mol. The van der Waals surface area contributed by atoms with Gasteiger partial charge in [-0.2, -0.15) is 0 Å². The highest BCUT2D eigenvalue weighted by atomic mass is 16.5. The highest BCUT2D eigenvalue weighted by Gasteiger charge is 2.50. The number of ether oxygens (including phenoxy) is 1. The Balaban J connectivity index is 1.85. The van der Waals surface area contributed by atoms with Crippen molar-refractivity contribution in [1.29, 1.82) is 0 Å². The maximum Gasteiger partial charge on any atom is 0.0672 e. The fourth-order valence-corrected chi connectivity index (χ4v) is 3.78. The summed E-state index contributed by atoms with van der Waals surface area (Å²) in [5.41, 5.74) is 0.442. The molecule has 1 saturated carbocycles. The van der Waals surface area contributed by atoms with Crippen LogP contribution in [0.4, 0.5) is 0 Å². The van der Waals surface area contributed by atoms with E-state index in [4.69, 9.17) is 4.74 Å². The molecule has 2 nitrogen and oxygen atoms in total. The van der Waals surface area contributed by atoms with E-state index in [-0.39, 0.29) is 0 Å². The van der Waals surface area contributed by atoms with Crippen molar-refractivity contribution in [3.05, 3.63) is 0 Å². The predicted octanol–water partition coefficient (Wildman–Crippen LogP) is 4.53. The molecule has 0 aromatic heterocycles. The van der Waals surface area contributed by atoms with Crippen molar-refractivity contribution in [3.8, 4) is 0 Å². The third-order valence-corrected chi connectivity index (χ3v) is 5.19. The molecule has 0 aromatic rings. The summed E-state index contributed by atoms with van der Waals surface area (Å²) in [5, 5.41) is 3.71. The monoisotopic (exact) mass is 281 g/mol. The average Bonchev–Trinajstić information content (AvgIpc) is 3.18. The molecule has 2 heteroatoms. The average molecular weight is 281 g/mol. The zero-order chi connectivity index (χ0) is 14.4. The standard InChI is InChI=1S/C18H35NO/c1-4-5-6-7-8-11-18(14-19-15(2)3)12-13-20-17(18)16-9-10-16/h15-17,19H,4-14H2,1-3H3. The van der Waals surface area contributed by atoms with Crippen LogP contribution >= 0.6 is 0 Å². The van der Waals surface area contributed by atoms with Gasteiger partial charge >= 0.3 is 0 Å². The molecule has 0 aromatic carbocycles. The second-order valence-corrected chi connectivity index (χ2v) is 7.44. The van der Waals surface area contributed by atoms with Gasteiger partial charge < -0.3 is 10.1 Å². The molecule has 20 heavy (non-hydrogen) atoms. The Hall–Kier alpha value is -0.0800. The Labute approximate surface area is 126 Å². The predicted molar refractivity (Wildman–Crippen MR) is 86.0 cm³/mol. The lowest BCUT2D eigenvalue weighted by Crippen LogP contribution is -2.43. The van der Waals surface area contributed by atoms with Crippen molar-refractivity contribution in [2.24, 2.45) is 11.3 Å². The lowest BCUT2D eigenvalue weighted by atomic mass is 9.74. The van der Waals surface area contributed by atoms with Crippen LogP contribution < -0.4 is 5.32 Å². The van der Waals surface area contributed by atoms with Crippen LogP contribution in [0.15, 0.2) is 0 Å². The fourth-order valence-electron chi connectivity index (χ4n) is 3.78. The zero-order valence-corrected chi connectivity index (χ0v) is 13.9. The summed E-state index contributed by atoms with van der Waals surface area (Å²) in [6.45, 7) is 8.98. The molecule has 2 rings (SSSR count). The minimum Gasteiger partial charge on any atom is -0.377 e. The van der Waals surface area contributed by atoms with Crippen LogP contribution in [0.5, 0.6) is 0 Å². The molecule has 118 valence electrons. The van der Waals surface area contributed by atoms with Gasteiger partial charge in [-0.25, -0.2) is 0 Å². The molecule has 1 saturated heterocycles. The maximum atomic E-state index is 6.16. The van der Waals surface area contributed by atoms with Crippen LogP contribution in [-0.4, -0.2) is 25.3 Å². The molecule has 0 spiro atoms. The second kappa shape index (κ2) is 7.79. The van der Waals surface area contributed by atoms with Gasteiger partial charge in [0, 0.05) is 24.6 Å². The first-order valence-electron chi connectivity index (χ1n) is 9.03. The smallest absolute Gasteiger partial charge is 0.0672 e. The molecule has 2 fully saturated rings. The molecule has 0 bridgehead atoms. The van der Waals surface area contributed by atoms with E-state index in [1.165, 1.54) is 64.3 Å². The Morgan fingerprint density at radius 3 is 2.55 bits per heavy atom. The molecular formula is C18H35NO.